The topological polar surface area (TPSA) is 29.5 Å². The molecule has 0 aromatic heterocycles. The smallest absolute Gasteiger partial charge is 0.133 e. The summed E-state index contributed by atoms with van der Waals surface area (Å²) in [6, 6.07) is 10.9. The van der Waals surface area contributed by atoms with E-state index in [-0.39, 0.29) is 0 Å². The van der Waals surface area contributed by atoms with E-state index in [1.807, 2.05) is 30.3 Å². The van der Waals surface area contributed by atoms with Crippen LogP contribution in [-0.2, 0) is 6.42 Å². The van der Waals surface area contributed by atoms with Gasteiger partial charge in [-0.15, -0.1) is 0 Å². The standard InChI is InChI=1S/C15H13BrCl2O2/c1-20-14-6-5-9(7-11(14)16)13(19)8-10-3-2-4-12(17)15(10)18/h2-7,13,19H,8H2,1H3. The second kappa shape index (κ2) is 6.81. The number of hydrogen-bond donors (Lipinski definition) is 1. The molecular formula is C15H13BrCl2O2. The fourth-order valence-corrected chi connectivity index (χ4v) is 2.88. The van der Waals surface area contributed by atoms with Gasteiger partial charge in [0, 0.05) is 6.42 Å². The van der Waals surface area contributed by atoms with Crippen molar-refractivity contribution >= 4 is 39.1 Å². The van der Waals surface area contributed by atoms with Crippen LogP contribution in [0.5, 0.6) is 5.75 Å². The maximum Gasteiger partial charge on any atom is 0.133 e. The summed E-state index contributed by atoms with van der Waals surface area (Å²) in [6.45, 7) is 0. The van der Waals surface area contributed by atoms with E-state index in [1.165, 1.54) is 0 Å². The molecule has 0 radical (unpaired) electrons. The Morgan fingerprint density at radius 2 is 2.00 bits per heavy atom. The Morgan fingerprint density at radius 1 is 1.25 bits per heavy atom. The highest BCUT2D eigenvalue weighted by atomic mass is 79.9. The molecule has 2 aromatic rings. The number of halogens is 3. The molecule has 0 bridgehead atoms. The van der Waals surface area contributed by atoms with Crippen LogP contribution in [0, 0.1) is 0 Å². The fourth-order valence-electron chi connectivity index (χ4n) is 1.92. The molecule has 106 valence electrons. The predicted molar refractivity (Wildman–Crippen MR) is 85.8 cm³/mol. The Hall–Kier alpha value is -0.740. The Morgan fingerprint density at radius 3 is 2.65 bits per heavy atom. The third-order valence-electron chi connectivity index (χ3n) is 3.01. The second-order valence-corrected chi connectivity index (χ2v) is 5.97. The van der Waals surface area contributed by atoms with Gasteiger partial charge in [-0.2, -0.15) is 0 Å². The van der Waals surface area contributed by atoms with Crippen molar-refractivity contribution in [3.63, 3.8) is 0 Å². The highest BCUT2D eigenvalue weighted by molar-refractivity contribution is 9.10. The SMILES string of the molecule is COc1ccc(C(O)Cc2cccc(Cl)c2Cl)cc1Br. The molecule has 5 heteroatoms. The van der Waals surface area contributed by atoms with Gasteiger partial charge in [0.15, 0.2) is 0 Å². The zero-order chi connectivity index (χ0) is 14.7. The number of aliphatic hydroxyl groups is 1. The van der Waals surface area contributed by atoms with Crippen molar-refractivity contribution in [2.75, 3.05) is 7.11 Å². The van der Waals surface area contributed by atoms with Crippen molar-refractivity contribution in [1.29, 1.82) is 0 Å². The maximum atomic E-state index is 10.3. The van der Waals surface area contributed by atoms with Gasteiger partial charge in [-0.1, -0.05) is 41.4 Å². The fraction of sp³-hybridized carbons (Fsp3) is 0.200. The maximum absolute atomic E-state index is 10.3. The summed E-state index contributed by atoms with van der Waals surface area (Å²) in [7, 11) is 1.60. The summed E-state index contributed by atoms with van der Waals surface area (Å²) >= 11 is 15.5. The van der Waals surface area contributed by atoms with Crippen LogP contribution in [0.25, 0.3) is 0 Å². The second-order valence-electron chi connectivity index (χ2n) is 4.33. The molecule has 1 atom stereocenters. The number of benzene rings is 2. The van der Waals surface area contributed by atoms with Crippen LogP contribution in [0.1, 0.15) is 17.2 Å². The summed E-state index contributed by atoms with van der Waals surface area (Å²) in [5, 5.41) is 11.3. The van der Waals surface area contributed by atoms with Crippen molar-refractivity contribution in [3.05, 3.63) is 62.0 Å². The Kier molecular flexibility index (Phi) is 5.33. The number of hydrogen-bond acceptors (Lipinski definition) is 2. The van der Waals surface area contributed by atoms with Crippen LogP contribution < -0.4 is 4.74 Å². The molecule has 0 aliphatic carbocycles. The first-order chi connectivity index (χ1) is 9.52. The third kappa shape index (κ3) is 3.47. The number of ether oxygens (including phenoxy) is 1. The van der Waals surface area contributed by atoms with E-state index in [0.29, 0.717) is 16.5 Å². The minimum atomic E-state index is -0.659. The van der Waals surface area contributed by atoms with Crippen molar-refractivity contribution in [2.24, 2.45) is 0 Å². The molecule has 0 fully saturated rings. The largest absolute Gasteiger partial charge is 0.496 e. The number of methoxy groups -OCH3 is 1. The quantitative estimate of drug-likeness (QED) is 0.810. The minimum absolute atomic E-state index is 0.401. The first-order valence-electron chi connectivity index (χ1n) is 5.97. The van der Waals surface area contributed by atoms with E-state index in [2.05, 4.69) is 15.9 Å². The minimum Gasteiger partial charge on any atom is -0.496 e. The summed E-state index contributed by atoms with van der Waals surface area (Å²) in [5.41, 5.74) is 1.60. The van der Waals surface area contributed by atoms with Gasteiger partial charge in [-0.05, 0) is 45.3 Å². The van der Waals surface area contributed by atoms with Gasteiger partial charge in [0.25, 0.3) is 0 Å². The van der Waals surface area contributed by atoms with Gasteiger partial charge < -0.3 is 9.84 Å². The zero-order valence-electron chi connectivity index (χ0n) is 10.7. The van der Waals surface area contributed by atoms with Crippen LogP contribution in [0.15, 0.2) is 40.9 Å². The lowest BCUT2D eigenvalue weighted by Gasteiger charge is -2.14. The average molecular weight is 376 g/mol. The van der Waals surface area contributed by atoms with Crippen LogP contribution >= 0.6 is 39.1 Å². The molecule has 0 saturated heterocycles. The molecular weight excluding hydrogens is 363 g/mol. The Bertz CT molecular complexity index is 617. The van der Waals surface area contributed by atoms with Crippen LogP contribution in [0.3, 0.4) is 0 Å². The molecule has 0 heterocycles. The zero-order valence-corrected chi connectivity index (χ0v) is 13.8. The molecule has 0 aliphatic rings. The molecule has 1 N–H and O–H groups in total. The third-order valence-corrected chi connectivity index (χ3v) is 4.48. The monoisotopic (exact) mass is 374 g/mol. The van der Waals surface area contributed by atoms with Crippen LogP contribution in [-0.4, -0.2) is 12.2 Å². The molecule has 2 rings (SSSR count). The van der Waals surface area contributed by atoms with Crippen molar-refractivity contribution in [3.8, 4) is 5.75 Å². The van der Waals surface area contributed by atoms with Gasteiger partial charge in [0.2, 0.25) is 0 Å². The first kappa shape index (κ1) is 15.6. The summed E-state index contributed by atoms with van der Waals surface area (Å²) in [6.07, 6.45) is -0.258. The normalized spacial score (nSPS) is 12.2. The molecule has 2 aromatic carbocycles. The lowest BCUT2D eigenvalue weighted by Crippen LogP contribution is -2.03. The van der Waals surface area contributed by atoms with Crippen LogP contribution in [0.4, 0.5) is 0 Å². The molecule has 0 spiro atoms. The highest BCUT2D eigenvalue weighted by Crippen LogP contribution is 2.32. The Balaban J connectivity index is 2.21. The van der Waals surface area contributed by atoms with E-state index >= 15 is 0 Å². The molecule has 0 aliphatic heterocycles. The molecule has 0 saturated carbocycles. The van der Waals surface area contributed by atoms with E-state index in [9.17, 15) is 5.11 Å². The molecule has 0 amide bonds. The molecule has 1 unspecified atom stereocenters. The van der Waals surface area contributed by atoms with Gasteiger partial charge in [0.1, 0.15) is 5.75 Å². The van der Waals surface area contributed by atoms with E-state index in [0.717, 1.165) is 21.3 Å². The Labute approximate surface area is 136 Å². The van der Waals surface area contributed by atoms with E-state index < -0.39 is 6.10 Å². The van der Waals surface area contributed by atoms with Crippen molar-refractivity contribution < 1.29 is 9.84 Å². The predicted octanol–water partition coefficient (Wildman–Crippen LogP) is 5.04. The van der Waals surface area contributed by atoms with Crippen molar-refractivity contribution in [2.45, 2.75) is 12.5 Å². The summed E-state index contributed by atoms with van der Waals surface area (Å²) < 4.78 is 5.97. The lowest BCUT2D eigenvalue weighted by atomic mass is 10.0. The highest BCUT2D eigenvalue weighted by Gasteiger charge is 2.14. The lowest BCUT2D eigenvalue weighted by molar-refractivity contribution is 0.178. The van der Waals surface area contributed by atoms with Gasteiger partial charge in [-0.3, -0.25) is 0 Å². The molecule has 2 nitrogen and oxygen atoms in total. The van der Waals surface area contributed by atoms with Gasteiger partial charge in [0.05, 0.1) is 27.7 Å². The summed E-state index contributed by atoms with van der Waals surface area (Å²) in [5.74, 6) is 0.724. The first-order valence-corrected chi connectivity index (χ1v) is 7.52. The average Bonchev–Trinajstić information content (AvgIpc) is 2.43. The van der Waals surface area contributed by atoms with Crippen LogP contribution in [0.2, 0.25) is 10.0 Å². The number of rotatable bonds is 4. The van der Waals surface area contributed by atoms with E-state index in [1.54, 1.807) is 13.2 Å². The number of aliphatic hydroxyl groups excluding tert-OH is 1. The summed E-state index contributed by atoms with van der Waals surface area (Å²) in [4.78, 5) is 0. The van der Waals surface area contributed by atoms with Gasteiger partial charge in [-0.25, -0.2) is 0 Å². The van der Waals surface area contributed by atoms with Gasteiger partial charge >= 0.3 is 0 Å². The molecule has 20 heavy (non-hydrogen) atoms. The van der Waals surface area contributed by atoms with Crippen molar-refractivity contribution in [1.82, 2.24) is 0 Å². The van der Waals surface area contributed by atoms with E-state index in [4.69, 9.17) is 27.9 Å².